The minimum absolute atomic E-state index is 0.125. The highest BCUT2D eigenvalue weighted by Crippen LogP contribution is 2.27. The van der Waals surface area contributed by atoms with Crippen LogP contribution >= 0.6 is 46.4 Å². The maximum atomic E-state index is 13.2. The summed E-state index contributed by atoms with van der Waals surface area (Å²) >= 11 is 24.4. The maximum absolute atomic E-state index is 13.2. The number of benzene rings is 5. The molecule has 4 amide bonds. The number of hydrogen-bond acceptors (Lipinski definition) is 10. The zero-order valence-electron chi connectivity index (χ0n) is 33.1. The van der Waals surface area contributed by atoms with Crippen LogP contribution in [0.15, 0.2) is 130 Å². The van der Waals surface area contributed by atoms with Crippen molar-refractivity contribution in [1.29, 1.82) is 0 Å². The largest absolute Gasteiger partial charge is 0.324 e. The summed E-state index contributed by atoms with van der Waals surface area (Å²) in [5, 5.41) is 27.2. The lowest BCUT2D eigenvalue weighted by Crippen LogP contribution is -2.32. The van der Waals surface area contributed by atoms with E-state index in [4.69, 9.17) is 46.4 Å². The van der Waals surface area contributed by atoms with E-state index < -0.39 is 47.3 Å². The lowest BCUT2D eigenvalue weighted by Gasteiger charge is -2.12. The first-order valence-electron chi connectivity index (χ1n) is 18.8. The van der Waals surface area contributed by atoms with Gasteiger partial charge in [0.15, 0.2) is 11.6 Å². The quantitative estimate of drug-likeness (QED) is 0.0383. The van der Waals surface area contributed by atoms with E-state index in [1.165, 1.54) is 74.5 Å². The first-order valence-corrected chi connectivity index (χ1v) is 20.6. The van der Waals surface area contributed by atoms with E-state index in [0.717, 1.165) is 11.1 Å². The lowest BCUT2D eigenvalue weighted by atomic mass is 10.1. The van der Waals surface area contributed by atoms with Crippen molar-refractivity contribution >= 4 is 116 Å². The van der Waals surface area contributed by atoms with Gasteiger partial charge >= 0.3 is 0 Å². The van der Waals surface area contributed by atoms with Crippen LogP contribution in [0.1, 0.15) is 45.7 Å². The molecule has 0 aliphatic heterocycles. The van der Waals surface area contributed by atoms with E-state index in [9.17, 15) is 28.8 Å². The molecule has 5 aromatic carbocycles. The fourth-order valence-corrected chi connectivity index (χ4v) is 6.65. The summed E-state index contributed by atoms with van der Waals surface area (Å²) < 4.78 is 0. The number of anilines is 4. The van der Waals surface area contributed by atoms with Crippen molar-refractivity contribution in [2.45, 2.75) is 38.8 Å². The molecule has 5 rings (SSSR count). The highest BCUT2D eigenvalue weighted by molar-refractivity contribution is 6.31. The molecule has 0 aromatic heterocycles. The highest BCUT2D eigenvalue weighted by Gasteiger charge is 2.25. The van der Waals surface area contributed by atoms with E-state index in [1.54, 1.807) is 24.3 Å². The summed E-state index contributed by atoms with van der Waals surface area (Å²) in [6.07, 6.45) is 1.09. The van der Waals surface area contributed by atoms with Gasteiger partial charge in [0.2, 0.25) is 12.1 Å². The van der Waals surface area contributed by atoms with Crippen molar-refractivity contribution in [1.82, 2.24) is 0 Å². The van der Waals surface area contributed by atoms with Crippen molar-refractivity contribution < 1.29 is 28.8 Å². The van der Waals surface area contributed by atoms with Crippen molar-refractivity contribution in [2.75, 3.05) is 33.0 Å². The van der Waals surface area contributed by atoms with Gasteiger partial charge in [-0.25, -0.2) is 0 Å². The number of nitrogens with one attached hydrogen (secondary N) is 4. The van der Waals surface area contributed by atoms with Gasteiger partial charge in [-0.05, 0) is 111 Å². The van der Waals surface area contributed by atoms with Gasteiger partial charge in [0, 0.05) is 55.7 Å². The van der Waals surface area contributed by atoms with Crippen molar-refractivity contribution in [3.8, 4) is 0 Å². The number of azo groups is 2. The number of aryl methyl sites for hydroxylation is 2. The predicted molar refractivity (Wildman–Crippen MR) is 242 cm³/mol. The molecule has 0 aliphatic rings. The van der Waals surface area contributed by atoms with Crippen LogP contribution in [0.3, 0.4) is 0 Å². The third-order valence-corrected chi connectivity index (χ3v) is 9.63. The van der Waals surface area contributed by atoms with Crippen LogP contribution in [0.4, 0.5) is 34.1 Å². The van der Waals surface area contributed by atoms with E-state index in [1.807, 2.05) is 24.3 Å². The van der Waals surface area contributed by atoms with Gasteiger partial charge in [0.05, 0.1) is 11.4 Å². The van der Waals surface area contributed by atoms with Crippen molar-refractivity contribution in [3.05, 3.63) is 141 Å². The van der Waals surface area contributed by atoms with Crippen LogP contribution in [0.5, 0.6) is 0 Å². The van der Waals surface area contributed by atoms with E-state index >= 15 is 0 Å². The first-order chi connectivity index (χ1) is 29.7. The van der Waals surface area contributed by atoms with Gasteiger partial charge in [-0.3, -0.25) is 28.8 Å². The Morgan fingerprint density at radius 2 is 0.887 bits per heavy atom. The van der Waals surface area contributed by atoms with E-state index in [2.05, 4.69) is 41.7 Å². The Hall–Kier alpha value is -6.32. The number of halogens is 4. The second kappa shape index (κ2) is 22.5. The molecular formula is C44H38Cl4N8O6. The molecule has 2 unspecified atom stereocenters. The molecule has 318 valence electrons. The molecule has 18 heteroatoms. The fourth-order valence-electron chi connectivity index (χ4n) is 5.78. The van der Waals surface area contributed by atoms with Gasteiger partial charge in [-0.1, -0.05) is 59.6 Å². The molecular weight excluding hydrogens is 878 g/mol. The predicted octanol–water partition coefficient (Wildman–Crippen LogP) is 10.4. The SMILES string of the molecule is CC(=O)C(N=Nc1cc(Cl)cc(C(=O)Nc2ccccc2CCCl)c1)C(=O)Nc1ccc(NC(=O)C(N=Nc2cc(Cl)cc(C(=O)Nc3ccccc3CCCl)c2)C(C)=O)cc1. The minimum atomic E-state index is -1.56. The molecule has 5 aromatic rings. The second-order valence-electron chi connectivity index (χ2n) is 13.5. The number of alkyl halides is 2. The van der Waals surface area contributed by atoms with Gasteiger partial charge in [-0.2, -0.15) is 20.5 Å². The molecule has 4 N–H and O–H groups in total. The number of para-hydroxylation sites is 2. The Morgan fingerprint density at radius 3 is 1.24 bits per heavy atom. The van der Waals surface area contributed by atoms with Crippen LogP contribution in [0.25, 0.3) is 0 Å². The number of ketones is 2. The zero-order valence-corrected chi connectivity index (χ0v) is 36.1. The van der Waals surface area contributed by atoms with Crippen molar-refractivity contribution in [3.63, 3.8) is 0 Å². The number of amides is 4. The maximum Gasteiger partial charge on any atom is 0.258 e. The number of Topliss-reactive ketones (excluding diaryl/α,β-unsaturated/α-hetero) is 2. The summed E-state index contributed by atoms with van der Waals surface area (Å²) in [7, 11) is 0. The summed E-state index contributed by atoms with van der Waals surface area (Å²) in [4.78, 5) is 77.5. The Balaban J connectivity index is 1.21. The van der Waals surface area contributed by atoms with Crippen molar-refractivity contribution in [2.24, 2.45) is 20.5 Å². The van der Waals surface area contributed by atoms with Gasteiger partial charge in [0.25, 0.3) is 23.6 Å². The monoisotopic (exact) mass is 914 g/mol. The smallest absolute Gasteiger partial charge is 0.258 e. The summed E-state index contributed by atoms with van der Waals surface area (Å²) in [6, 6.07) is 25.7. The van der Waals surface area contributed by atoms with Gasteiger partial charge in [-0.15, -0.1) is 23.2 Å². The Labute approximate surface area is 376 Å². The molecule has 0 saturated carbocycles. The Kier molecular flexibility index (Phi) is 17.0. The molecule has 0 aliphatic carbocycles. The number of carbonyl (C=O) groups is 6. The molecule has 2 atom stereocenters. The van der Waals surface area contributed by atoms with Crippen LogP contribution in [-0.4, -0.2) is 59.0 Å². The van der Waals surface area contributed by atoms with E-state index in [-0.39, 0.29) is 43.9 Å². The zero-order chi connectivity index (χ0) is 44.8. The summed E-state index contributed by atoms with van der Waals surface area (Å²) in [5.41, 5.74) is 3.95. The minimum Gasteiger partial charge on any atom is -0.324 e. The standard InChI is InChI=1S/C44H38Cl4N8O6/c1-25(57)39(55-53-35-21-29(19-31(47)23-35)41(59)51-37-9-5-3-7-27(37)15-17-45)43(61)49-33-11-13-34(14-12-33)50-44(62)40(26(2)58)56-54-36-22-30(20-32(48)24-36)42(60)52-38-10-6-4-8-28(38)16-18-46/h3-14,19-24,39-40H,15-18H2,1-2H3,(H,49,61)(H,50,62)(H,51,59)(H,52,60). The lowest BCUT2D eigenvalue weighted by molar-refractivity contribution is -0.127. The molecule has 0 fully saturated rings. The Bertz CT molecular complexity index is 2380. The summed E-state index contributed by atoms with van der Waals surface area (Å²) in [5.74, 6) is -3.03. The molecule has 0 radical (unpaired) electrons. The first kappa shape index (κ1) is 46.7. The topological polar surface area (TPSA) is 200 Å². The molecule has 0 heterocycles. The highest BCUT2D eigenvalue weighted by atomic mass is 35.5. The number of hydrogen-bond donors (Lipinski definition) is 4. The molecule has 14 nitrogen and oxygen atoms in total. The number of carbonyl (C=O) groups excluding carboxylic acids is 6. The number of rotatable bonds is 18. The van der Waals surface area contributed by atoms with Crippen LogP contribution in [0, 0.1) is 0 Å². The third kappa shape index (κ3) is 13.3. The molecule has 0 saturated heterocycles. The average Bonchev–Trinajstić information content (AvgIpc) is 3.22. The Morgan fingerprint density at radius 1 is 0.516 bits per heavy atom. The van der Waals surface area contributed by atoms with Gasteiger partial charge < -0.3 is 21.3 Å². The van der Waals surface area contributed by atoms with Crippen LogP contribution in [0.2, 0.25) is 10.0 Å². The normalized spacial score (nSPS) is 12.1. The average molecular weight is 917 g/mol. The number of nitrogens with zero attached hydrogens (tertiary/aromatic N) is 4. The second-order valence-corrected chi connectivity index (χ2v) is 15.1. The van der Waals surface area contributed by atoms with Crippen LogP contribution in [-0.2, 0) is 32.0 Å². The fraction of sp³-hybridized carbons (Fsp3) is 0.182. The van der Waals surface area contributed by atoms with Crippen LogP contribution < -0.4 is 21.3 Å². The summed E-state index contributed by atoms with van der Waals surface area (Å²) in [6.45, 7) is 2.35. The molecule has 0 spiro atoms. The molecule has 62 heavy (non-hydrogen) atoms. The van der Waals surface area contributed by atoms with E-state index in [0.29, 0.717) is 36.0 Å². The third-order valence-electron chi connectivity index (χ3n) is 8.81. The van der Waals surface area contributed by atoms with Gasteiger partial charge in [0.1, 0.15) is 0 Å². The molecule has 0 bridgehead atoms.